The first-order chi connectivity index (χ1) is 7.61. The quantitative estimate of drug-likeness (QED) is 0.770. The van der Waals surface area contributed by atoms with Crippen LogP contribution in [-0.2, 0) is 0 Å². The van der Waals surface area contributed by atoms with E-state index in [9.17, 15) is 9.90 Å². The van der Waals surface area contributed by atoms with Crippen molar-refractivity contribution < 1.29 is 9.90 Å². The minimum atomic E-state index is -0.448. The summed E-state index contributed by atoms with van der Waals surface area (Å²) in [6.07, 6.45) is 4.19. The monoisotopic (exact) mass is 228 g/mol. The van der Waals surface area contributed by atoms with Crippen LogP contribution in [0.3, 0.4) is 0 Å². The van der Waals surface area contributed by atoms with E-state index in [1.54, 1.807) is 0 Å². The zero-order valence-electron chi connectivity index (χ0n) is 10.4. The Hall–Kier alpha value is -0.770. The summed E-state index contributed by atoms with van der Waals surface area (Å²) in [5, 5.41) is 12.4. The van der Waals surface area contributed by atoms with Crippen LogP contribution in [0.15, 0.2) is 0 Å². The molecule has 0 saturated carbocycles. The van der Waals surface area contributed by atoms with Crippen molar-refractivity contribution in [2.24, 2.45) is 5.92 Å². The molecule has 16 heavy (non-hydrogen) atoms. The van der Waals surface area contributed by atoms with Crippen LogP contribution in [0.1, 0.15) is 39.5 Å². The van der Waals surface area contributed by atoms with Gasteiger partial charge in [0, 0.05) is 19.6 Å². The second-order valence-electron chi connectivity index (χ2n) is 4.90. The molecule has 1 atom stereocenters. The van der Waals surface area contributed by atoms with Crippen molar-refractivity contribution in [3.8, 4) is 0 Å². The Bertz CT molecular complexity index is 211. The number of aliphatic hydroxyl groups is 1. The highest BCUT2D eigenvalue weighted by Gasteiger charge is 2.16. The number of rotatable bonds is 3. The van der Waals surface area contributed by atoms with Gasteiger partial charge in [0.1, 0.15) is 0 Å². The molecule has 2 N–H and O–H groups in total. The van der Waals surface area contributed by atoms with Gasteiger partial charge in [0.15, 0.2) is 0 Å². The van der Waals surface area contributed by atoms with Crippen LogP contribution >= 0.6 is 0 Å². The van der Waals surface area contributed by atoms with Crippen molar-refractivity contribution in [2.45, 2.75) is 45.6 Å². The molecule has 1 heterocycles. The molecule has 1 fully saturated rings. The van der Waals surface area contributed by atoms with Gasteiger partial charge in [-0.1, -0.05) is 26.7 Å². The summed E-state index contributed by atoms with van der Waals surface area (Å²) in [6.45, 7) is 5.95. The number of nitrogens with zero attached hydrogens (tertiary/aromatic N) is 1. The standard InChI is InChI=1S/C12H24N2O2/c1-10(2)11(15)9-13-12(16)14-7-5-3-4-6-8-14/h10-11,15H,3-9H2,1-2H3,(H,13,16). The van der Waals surface area contributed by atoms with E-state index in [4.69, 9.17) is 0 Å². The Labute approximate surface area is 98.0 Å². The van der Waals surface area contributed by atoms with Gasteiger partial charge in [0.05, 0.1) is 6.10 Å². The largest absolute Gasteiger partial charge is 0.391 e. The van der Waals surface area contributed by atoms with E-state index in [0.29, 0.717) is 6.54 Å². The Morgan fingerprint density at radius 2 is 1.81 bits per heavy atom. The van der Waals surface area contributed by atoms with Gasteiger partial charge in [-0.2, -0.15) is 0 Å². The van der Waals surface area contributed by atoms with Crippen molar-refractivity contribution in [1.29, 1.82) is 0 Å². The Balaban J connectivity index is 2.27. The van der Waals surface area contributed by atoms with E-state index in [1.165, 1.54) is 12.8 Å². The number of carbonyl (C=O) groups is 1. The van der Waals surface area contributed by atoms with Crippen LogP contribution in [0.4, 0.5) is 4.79 Å². The van der Waals surface area contributed by atoms with E-state index in [2.05, 4.69) is 5.32 Å². The van der Waals surface area contributed by atoms with Crippen LogP contribution in [0.25, 0.3) is 0 Å². The maximum atomic E-state index is 11.8. The third-order valence-electron chi connectivity index (χ3n) is 3.13. The average Bonchev–Trinajstić information content (AvgIpc) is 2.53. The highest BCUT2D eigenvalue weighted by molar-refractivity contribution is 5.74. The lowest BCUT2D eigenvalue weighted by Crippen LogP contribution is -2.44. The predicted octanol–water partition coefficient (Wildman–Crippen LogP) is 1.59. The van der Waals surface area contributed by atoms with E-state index >= 15 is 0 Å². The number of hydrogen-bond donors (Lipinski definition) is 2. The van der Waals surface area contributed by atoms with Crippen molar-refractivity contribution >= 4 is 6.03 Å². The number of nitrogens with one attached hydrogen (secondary N) is 1. The van der Waals surface area contributed by atoms with E-state index < -0.39 is 6.10 Å². The molecule has 0 aliphatic carbocycles. The van der Waals surface area contributed by atoms with Crippen LogP contribution < -0.4 is 5.32 Å². The normalized spacial score (nSPS) is 19.4. The fourth-order valence-corrected chi connectivity index (χ4v) is 1.81. The van der Waals surface area contributed by atoms with E-state index in [1.807, 2.05) is 18.7 Å². The lowest BCUT2D eigenvalue weighted by atomic mass is 10.1. The number of likely N-dealkylation sites (tertiary alicyclic amines) is 1. The summed E-state index contributed by atoms with van der Waals surface area (Å²) in [7, 11) is 0. The van der Waals surface area contributed by atoms with Gasteiger partial charge in [-0.15, -0.1) is 0 Å². The summed E-state index contributed by atoms with van der Waals surface area (Å²) in [4.78, 5) is 13.6. The van der Waals surface area contributed by atoms with Gasteiger partial charge in [-0.3, -0.25) is 0 Å². The van der Waals surface area contributed by atoms with Crippen LogP contribution in [0, 0.1) is 5.92 Å². The Morgan fingerprint density at radius 1 is 1.25 bits per heavy atom. The molecule has 4 nitrogen and oxygen atoms in total. The lowest BCUT2D eigenvalue weighted by molar-refractivity contribution is 0.121. The topological polar surface area (TPSA) is 52.6 Å². The zero-order chi connectivity index (χ0) is 12.0. The summed E-state index contributed by atoms with van der Waals surface area (Å²) >= 11 is 0. The van der Waals surface area contributed by atoms with Gasteiger partial charge in [0.25, 0.3) is 0 Å². The third-order valence-corrected chi connectivity index (χ3v) is 3.13. The van der Waals surface area contributed by atoms with Crippen molar-refractivity contribution in [3.05, 3.63) is 0 Å². The fourth-order valence-electron chi connectivity index (χ4n) is 1.81. The first-order valence-corrected chi connectivity index (χ1v) is 6.32. The smallest absolute Gasteiger partial charge is 0.317 e. The van der Waals surface area contributed by atoms with Crippen molar-refractivity contribution in [2.75, 3.05) is 19.6 Å². The molecule has 0 aromatic carbocycles. The molecule has 1 rings (SSSR count). The minimum Gasteiger partial charge on any atom is -0.391 e. The molecule has 0 bridgehead atoms. The minimum absolute atomic E-state index is 0.0263. The van der Waals surface area contributed by atoms with Crippen molar-refractivity contribution in [1.82, 2.24) is 10.2 Å². The van der Waals surface area contributed by atoms with E-state index in [0.717, 1.165) is 25.9 Å². The molecule has 4 heteroatoms. The van der Waals surface area contributed by atoms with Crippen LogP contribution in [0.5, 0.6) is 0 Å². The number of hydrogen-bond acceptors (Lipinski definition) is 2. The Morgan fingerprint density at radius 3 is 2.31 bits per heavy atom. The number of amides is 2. The highest BCUT2D eigenvalue weighted by atomic mass is 16.3. The van der Waals surface area contributed by atoms with Crippen LogP contribution in [0.2, 0.25) is 0 Å². The average molecular weight is 228 g/mol. The third kappa shape index (κ3) is 4.39. The fraction of sp³-hybridized carbons (Fsp3) is 0.917. The van der Waals surface area contributed by atoms with Gasteiger partial charge in [0.2, 0.25) is 0 Å². The second-order valence-corrected chi connectivity index (χ2v) is 4.90. The molecule has 0 aromatic heterocycles. The SMILES string of the molecule is CC(C)C(O)CNC(=O)N1CCCCCC1. The summed E-state index contributed by atoms with van der Waals surface area (Å²) in [5.74, 6) is 0.185. The predicted molar refractivity (Wildman–Crippen MR) is 64.3 cm³/mol. The zero-order valence-corrected chi connectivity index (χ0v) is 10.4. The van der Waals surface area contributed by atoms with Crippen molar-refractivity contribution in [3.63, 3.8) is 0 Å². The molecular weight excluding hydrogens is 204 g/mol. The number of urea groups is 1. The molecule has 1 unspecified atom stereocenters. The molecule has 1 saturated heterocycles. The van der Waals surface area contributed by atoms with E-state index in [-0.39, 0.29) is 11.9 Å². The van der Waals surface area contributed by atoms with Gasteiger partial charge >= 0.3 is 6.03 Å². The highest BCUT2D eigenvalue weighted by Crippen LogP contribution is 2.09. The molecule has 94 valence electrons. The first kappa shape index (κ1) is 13.3. The summed E-state index contributed by atoms with van der Waals surface area (Å²) in [6, 6.07) is -0.0263. The lowest BCUT2D eigenvalue weighted by Gasteiger charge is -2.22. The van der Waals surface area contributed by atoms with Gasteiger partial charge in [-0.05, 0) is 18.8 Å². The van der Waals surface area contributed by atoms with Gasteiger partial charge in [-0.25, -0.2) is 4.79 Å². The second kappa shape index (κ2) is 6.74. The maximum Gasteiger partial charge on any atom is 0.317 e. The summed E-state index contributed by atoms with van der Waals surface area (Å²) < 4.78 is 0. The molecular formula is C12H24N2O2. The molecule has 1 aliphatic rings. The Kier molecular flexibility index (Phi) is 5.60. The van der Waals surface area contributed by atoms with Crippen LogP contribution in [-0.4, -0.2) is 41.8 Å². The summed E-state index contributed by atoms with van der Waals surface area (Å²) in [5.41, 5.74) is 0. The number of aliphatic hydroxyl groups excluding tert-OH is 1. The maximum absolute atomic E-state index is 11.8. The van der Waals surface area contributed by atoms with Gasteiger partial charge < -0.3 is 15.3 Å². The molecule has 2 amide bonds. The molecule has 1 aliphatic heterocycles. The molecule has 0 aromatic rings. The first-order valence-electron chi connectivity index (χ1n) is 6.32. The number of carbonyl (C=O) groups excluding carboxylic acids is 1. The molecule has 0 radical (unpaired) electrons. The molecule has 0 spiro atoms.